The number of non-ortho nitro benzene ring substituents is 1. The fourth-order valence-electron chi connectivity index (χ4n) is 1.86. The predicted octanol–water partition coefficient (Wildman–Crippen LogP) is 3.21. The van der Waals surface area contributed by atoms with Crippen LogP contribution in [0.4, 0.5) is 5.69 Å². The number of amides is 1. The molecule has 112 valence electrons. The molecule has 0 saturated carbocycles. The average Bonchev–Trinajstić information content (AvgIpc) is 2.42. The van der Waals surface area contributed by atoms with Crippen molar-refractivity contribution in [3.05, 3.63) is 37.4 Å². The van der Waals surface area contributed by atoms with Crippen LogP contribution in [0.5, 0.6) is 0 Å². The maximum Gasteiger partial charge on any atom is 0.270 e. The van der Waals surface area contributed by atoms with E-state index in [9.17, 15) is 14.9 Å². The Hall–Kier alpha value is -1.69. The van der Waals surface area contributed by atoms with Crippen LogP contribution >= 0.6 is 22.6 Å². The van der Waals surface area contributed by atoms with Gasteiger partial charge in [0.1, 0.15) is 0 Å². The number of nitriles is 1. The van der Waals surface area contributed by atoms with Gasteiger partial charge in [-0.2, -0.15) is 5.26 Å². The third kappa shape index (κ3) is 4.97. The van der Waals surface area contributed by atoms with E-state index in [1.165, 1.54) is 12.1 Å². The quantitative estimate of drug-likeness (QED) is 0.416. The molecule has 0 aromatic heterocycles. The third-order valence-corrected chi connectivity index (χ3v) is 3.70. The van der Waals surface area contributed by atoms with Crippen molar-refractivity contribution in [1.82, 2.24) is 4.90 Å². The normalized spacial score (nSPS) is 10.2. The zero-order chi connectivity index (χ0) is 16.0. The molecule has 1 rings (SSSR count). The number of nitro groups is 1. The number of nitro benzene ring substituents is 1. The summed E-state index contributed by atoms with van der Waals surface area (Å²) in [5.41, 5.74) is 0.201. The second kappa shape index (κ2) is 7.93. The van der Waals surface area contributed by atoms with Crippen LogP contribution in [0.15, 0.2) is 18.2 Å². The van der Waals surface area contributed by atoms with Gasteiger partial charge < -0.3 is 4.90 Å². The van der Waals surface area contributed by atoms with Gasteiger partial charge in [-0.25, -0.2) is 0 Å². The SMILES string of the molecule is CC(C)CN(CCC#N)C(=O)c1cc([N+](=O)[O-])ccc1I. The van der Waals surface area contributed by atoms with Crippen LogP contribution in [0.25, 0.3) is 0 Å². The second-order valence-electron chi connectivity index (χ2n) is 4.97. The van der Waals surface area contributed by atoms with E-state index < -0.39 is 4.92 Å². The van der Waals surface area contributed by atoms with Gasteiger partial charge in [-0.1, -0.05) is 13.8 Å². The van der Waals surface area contributed by atoms with Crippen molar-refractivity contribution in [2.75, 3.05) is 13.1 Å². The van der Waals surface area contributed by atoms with Gasteiger partial charge in [0.25, 0.3) is 11.6 Å². The highest BCUT2D eigenvalue weighted by molar-refractivity contribution is 14.1. The lowest BCUT2D eigenvalue weighted by atomic mass is 10.1. The number of rotatable bonds is 6. The minimum absolute atomic E-state index is 0.108. The molecule has 1 amide bonds. The number of hydrogen-bond donors (Lipinski definition) is 0. The van der Waals surface area contributed by atoms with Gasteiger partial charge >= 0.3 is 0 Å². The monoisotopic (exact) mass is 401 g/mol. The molecule has 0 bridgehead atoms. The molecular formula is C14H16IN3O3. The van der Waals surface area contributed by atoms with Gasteiger partial charge in [0.2, 0.25) is 0 Å². The summed E-state index contributed by atoms with van der Waals surface area (Å²) in [6.45, 7) is 4.79. The molecule has 0 aliphatic carbocycles. The van der Waals surface area contributed by atoms with Gasteiger partial charge in [-0.3, -0.25) is 14.9 Å². The van der Waals surface area contributed by atoms with E-state index in [0.29, 0.717) is 22.2 Å². The van der Waals surface area contributed by atoms with E-state index in [-0.39, 0.29) is 23.9 Å². The highest BCUT2D eigenvalue weighted by Crippen LogP contribution is 2.21. The topological polar surface area (TPSA) is 87.2 Å². The van der Waals surface area contributed by atoms with Crippen LogP contribution in [-0.2, 0) is 0 Å². The summed E-state index contributed by atoms with van der Waals surface area (Å²) in [6.07, 6.45) is 0.240. The molecule has 0 spiro atoms. The molecule has 0 N–H and O–H groups in total. The van der Waals surface area contributed by atoms with Gasteiger partial charge in [0.05, 0.1) is 23.0 Å². The minimum atomic E-state index is -0.519. The van der Waals surface area contributed by atoms with Crippen LogP contribution in [0.3, 0.4) is 0 Å². The highest BCUT2D eigenvalue weighted by atomic mass is 127. The van der Waals surface area contributed by atoms with Crippen LogP contribution < -0.4 is 0 Å². The lowest BCUT2D eigenvalue weighted by molar-refractivity contribution is -0.384. The molecule has 21 heavy (non-hydrogen) atoms. The van der Waals surface area contributed by atoms with Gasteiger partial charge in [0.15, 0.2) is 0 Å². The summed E-state index contributed by atoms with van der Waals surface area (Å²) in [5.74, 6) is -0.0175. The van der Waals surface area contributed by atoms with E-state index in [0.717, 1.165) is 0 Å². The molecule has 0 aliphatic heterocycles. The smallest absolute Gasteiger partial charge is 0.270 e. The first-order chi connectivity index (χ1) is 9.86. The first-order valence-electron chi connectivity index (χ1n) is 6.47. The molecule has 0 heterocycles. The van der Waals surface area contributed by atoms with Crippen molar-refractivity contribution >= 4 is 34.2 Å². The standard InChI is InChI=1S/C14H16IN3O3/c1-10(2)9-17(7-3-6-16)14(19)12-8-11(18(20)21)4-5-13(12)15/h4-5,8,10H,3,7,9H2,1-2H3. The Labute approximate surface area is 137 Å². The lowest BCUT2D eigenvalue weighted by Gasteiger charge is -2.24. The van der Waals surface area contributed by atoms with E-state index in [1.54, 1.807) is 11.0 Å². The summed E-state index contributed by atoms with van der Waals surface area (Å²) in [6, 6.07) is 6.25. The van der Waals surface area contributed by atoms with Crippen molar-refractivity contribution in [2.24, 2.45) is 5.92 Å². The Morgan fingerprint density at radius 3 is 2.71 bits per heavy atom. The first-order valence-corrected chi connectivity index (χ1v) is 7.54. The molecule has 6 nitrogen and oxygen atoms in total. The largest absolute Gasteiger partial charge is 0.337 e. The molecule has 1 aromatic carbocycles. The molecule has 0 unspecified atom stereocenters. The van der Waals surface area contributed by atoms with Crippen molar-refractivity contribution < 1.29 is 9.72 Å². The molecule has 0 radical (unpaired) electrons. The van der Waals surface area contributed by atoms with Gasteiger partial charge in [0, 0.05) is 28.8 Å². The van der Waals surface area contributed by atoms with E-state index in [1.807, 2.05) is 42.5 Å². The summed E-state index contributed by atoms with van der Waals surface area (Å²) in [7, 11) is 0. The van der Waals surface area contributed by atoms with Gasteiger partial charge in [-0.15, -0.1) is 0 Å². The maximum absolute atomic E-state index is 12.6. The van der Waals surface area contributed by atoms with Crippen molar-refractivity contribution in [3.63, 3.8) is 0 Å². The zero-order valence-corrected chi connectivity index (χ0v) is 14.0. The Balaban J connectivity index is 3.10. The van der Waals surface area contributed by atoms with E-state index in [4.69, 9.17) is 5.26 Å². The third-order valence-electron chi connectivity index (χ3n) is 2.76. The van der Waals surface area contributed by atoms with E-state index in [2.05, 4.69) is 0 Å². The molecule has 7 heteroatoms. The number of halogens is 1. The predicted molar refractivity (Wildman–Crippen MR) is 86.8 cm³/mol. The second-order valence-corrected chi connectivity index (χ2v) is 6.14. The van der Waals surface area contributed by atoms with E-state index >= 15 is 0 Å². The Morgan fingerprint density at radius 1 is 1.52 bits per heavy atom. The number of nitrogens with zero attached hydrogens (tertiary/aromatic N) is 3. The Kier molecular flexibility index (Phi) is 6.55. The summed E-state index contributed by atoms with van der Waals surface area (Å²) in [4.78, 5) is 24.5. The van der Waals surface area contributed by atoms with Crippen LogP contribution in [-0.4, -0.2) is 28.8 Å². The fourth-order valence-corrected chi connectivity index (χ4v) is 2.43. The molecule has 0 saturated heterocycles. The lowest BCUT2D eigenvalue weighted by Crippen LogP contribution is -2.35. The van der Waals surface area contributed by atoms with Crippen molar-refractivity contribution in [2.45, 2.75) is 20.3 Å². The fraction of sp³-hybridized carbons (Fsp3) is 0.429. The van der Waals surface area contributed by atoms with Crippen LogP contribution in [0.1, 0.15) is 30.6 Å². The summed E-state index contributed by atoms with van der Waals surface area (Å²) >= 11 is 1.99. The summed E-state index contributed by atoms with van der Waals surface area (Å²) < 4.78 is 0.661. The van der Waals surface area contributed by atoms with Gasteiger partial charge in [-0.05, 0) is 34.6 Å². The molecular weight excluding hydrogens is 385 g/mol. The van der Waals surface area contributed by atoms with Crippen LogP contribution in [0.2, 0.25) is 0 Å². The number of carbonyl (C=O) groups excluding carboxylic acids is 1. The number of carbonyl (C=O) groups is 1. The Morgan fingerprint density at radius 2 is 2.19 bits per heavy atom. The molecule has 0 aliphatic rings. The highest BCUT2D eigenvalue weighted by Gasteiger charge is 2.21. The minimum Gasteiger partial charge on any atom is -0.337 e. The zero-order valence-electron chi connectivity index (χ0n) is 11.9. The van der Waals surface area contributed by atoms with Crippen LogP contribution in [0, 0.1) is 30.9 Å². The molecule has 0 atom stereocenters. The molecule has 0 fully saturated rings. The summed E-state index contributed by atoms with van der Waals surface area (Å²) in [5, 5.41) is 19.5. The van der Waals surface area contributed by atoms with Crippen molar-refractivity contribution in [3.8, 4) is 6.07 Å². The Bertz CT molecular complexity index is 581. The average molecular weight is 401 g/mol. The first kappa shape index (κ1) is 17.4. The number of hydrogen-bond acceptors (Lipinski definition) is 4. The number of benzene rings is 1. The molecule has 1 aromatic rings. The maximum atomic E-state index is 12.6. The van der Waals surface area contributed by atoms with Crippen molar-refractivity contribution in [1.29, 1.82) is 5.26 Å².